The SMILES string of the molecule is CC[N+](C)(C)CC(F)(F)C(F)(F)C(F)(F)C(F)(F)C(F)(F)C(F)(F)C(F)(F)C(F)(F)C(F)(F)C(F)(F)C(F)F. The molecule has 0 atom stereocenters. The number of hydrogen-bond acceptors (Lipinski definition) is 0. The van der Waals surface area contributed by atoms with Gasteiger partial charge >= 0.3 is 65.7 Å². The van der Waals surface area contributed by atoms with E-state index < -0.39 is 83.2 Å². The van der Waals surface area contributed by atoms with Crippen LogP contribution in [0.25, 0.3) is 0 Å². The Kier molecular flexibility index (Phi) is 9.10. The van der Waals surface area contributed by atoms with E-state index in [9.17, 15) is 96.6 Å². The Hall–Kier alpha value is -1.58. The predicted octanol–water partition coefficient (Wildman–Crippen LogP) is 7.70. The zero-order valence-electron chi connectivity index (χ0n) is 18.8. The van der Waals surface area contributed by atoms with Crippen LogP contribution in [0.3, 0.4) is 0 Å². The molecule has 0 saturated carbocycles. The molecular weight excluding hydrogens is 624 g/mol. The summed E-state index contributed by atoms with van der Waals surface area (Å²) >= 11 is 0. The summed E-state index contributed by atoms with van der Waals surface area (Å²) in [6.07, 6.45) is -6.17. The molecule has 23 heteroatoms. The maximum atomic E-state index is 13.8. The van der Waals surface area contributed by atoms with Crippen molar-refractivity contribution in [1.29, 1.82) is 0 Å². The molecule has 0 aromatic rings. The first kappa shape index (κ1) is 37.4. The van der Waals surface area contributed by atoms with Gasteiger partial charge in [-0.15, -0.1) is 0 Å². The van der Waals surface area contributed by atoms with Crippen molar-refractivity contribution in [3.05, 3.63) is 0 Å². The van der Waals surface area contributed by atoms with Crippen LogP contribution in [0.15, 0.2) is 0 Å². The lowest BCUT2D eigenvalue weighted by molar-refractivity contribution is -0.898. The average Bonchev–Trinajstić information content (AvgIpc) is 2.71. The van der Waals surface area contributed by atoms with Gasteiger partial charge in [0.25, 0.3) is 0 Å². The molecule has 0 unspecified atom stereocenters. The molecule has 0 bridgehead atoms. The predicted molar refractivity (Wildman–Crippen MR) is 83.0 cm³/mol. The first-order valence-corrected chi connectivity index (χ1v) is 9.34. The van der Waals surface area contributed by atoms with Gasteiger partial charge in [-0.2, -0.15) is 87.8 Å². The third-order valence-electron chi connectivity index (χ3n) is 5.40. The van der Waals surface area contributed by atoms with Gasteiger partial charge in [0.15, 0.2) is 0 Å². The normalized spacial score (nSPS) is 16.8. The average molecular weight is 638 g/mol. The first-order valence-electron chi connectivity index (χ1n) is 9.34. The smallest absolute Gasteiger partial charge is 0.324 e. The van der Waals surface area contributed by atoms with E-state index in [1.54, 1.807) is 0 Å². The van der Waals surface area contributed by atoms with Gasteiger partial charge < -0.3 is 4.48 Å². The zero-order chi connectivity index (χ0) is 32.5. The van der Waals surface area contributed by atoms with Gasteiger partial charge in [0, 0.05) is 0 Å². The van der Waals surface area contributed by atoms with Crippen molar-refractivity contribution in [1.82, 2.24) is 0 Å². The lowest BCUT2D eigenvalue weighted by Crippen LogP contribution is -2.77. The number of rotatable bonds is 13. The highest BCUT2D eigenvalue weighted by Gasteiger charge is 2.98. The molecule has 0 amide bonds. The monoisotopic (exact) mass is 638 g/mol. The summed E-state index contributed by atoms with van der Waals surface area (Å²) in [7, 11) is 1.03. The molecule has 0 saturated heterocycles. The molecule has 0 fully saturated rings. The topological polar surface area (TPSA) is 0 Å². The first-order chi connectivity index (χ1) is 16.5. The van der Waals surface area contributed by atoms with Gasteiger partial charge in [-0.25, -0.2) is 8.78 Å². The van der Waals surface area contributed by atoms with Crippen LogP contribution in [0.2, 0.25) is 0 Å². The molecule has 0 spiro atoms. The summed E-state index contributed by atoms with van der Waals surface area (Å²) < 4.78 is 293. The van der Waals surface area contributed by atoms with E-state index in [-0.39, 0.29) is 0 Å². The largest absolute Gasteiger partial charge is 0.385 e. The summed E-state index contributed by atoms with van der Waals surface area (Å²) in [4.78, 5) is 0. The Balaban J connectivity index is 7.14. The van der Waals surface area contributed by atoms with E-state index in [4.69, 9.17) is 0 Å². The van der Waals surface area contributed by atoms with E-state index in [1.807, 2.05) is 0 Å². The summed E-state index contributed by atoms with van der Waals surface area (Å²) in [5.41, 5.74) is 0. The highest BCUT2D eigenvalue weighted by Crippen LogP contribution is 2.66. The quantitative estimate of drug-likeness (QED) is 0.143. The maximum Gasteiger partial charge on any atom is 0.385 e. The summed E-state index contributed by atoms with van der Waals surface area (Å²) in [6, 6.07) is 0. The van der Waals surface area contributed by atoms with Crippen molar-refractivity contribution in [3.63, 3.8) is 0 Å². The molecule has 0 radical (unpaired) electrons. The Morgan fingerprint density at radius 3 is 0.897 bits per heavy atom. The molecule has 1 nitrogen and oxygen atoms in total. The minimum absolute atomic E-state index is 0.515. The molecule has 0 aromatic carbocycles. The number of quaternary nitrogens is 1. The van der Waals surface area contributed by atoms with E-state index >= 15 is 0 Å². The van der Waals surface area contributed by atoms with Gasteiger partial charge in [-0.3, -0.25) is 0 Å². The molecule has 0 aliphatic carbocycles. The molecule has 0 aliphatic heterocycles. The Bertz CT molecular complexity index is 871. The van der Waals surface area contributed by atoms with Crippen LogP contribution in [0, 0.1) is 0 Å². The maximum absolute atomic E-state index is 13.8. The number of nitrogens with zero attached hydrogens (tertiary/aromatic N) is 1. The fourth-order valence-corrected chi connectivity index (χ4v) is 2.51. The Morgan fingerprint density at radius 1 is 0.436 bits per heavy atom. The third-order valence-corrected chi connectivity index (χ3v) is 5.40. The Morgan fingerprint density at radius 2 is 0.667 bits per heavy atom. The van der Waals surface area contributed by atoms with Gasteiger partial charge in [0.1, 0.15) is 6.54 Å². The van der Waals surface area contributed by atoms with Crippen LogP contribution in [0.5, 0.6) is 0 Å². The molecule has 0 N–H and O–H groups in total. The van der Waals surface area contributed by atoms with Crippen molar-refractivity contribution in [2.24, 2.45) is 0 Å². The van der Waals surface area contributed by atoms with Crippen LogP contribution < -0.4 is 0 Å². The minimum Gasteiger partial charge on any atom is -0.324 e. The number of hydrogen-bond donors (Lipinski definition) is 0. The van der Waals surface area contributed by atoms with Gasteiger partial charge in [-0.05, 0) is 6.92 Å². The van der Waals surface area contributed by atoms with Gasteiger partial charge in [0.2, 0.25) is 0 Å². The standard InChI is InChI=1S/C16H14F22N/c1-4-39(2,3)5-7(19,20)9(23,24)11(27,28)13(31,32)15(35,36)16(37,38)14(33,34)12(29,30)10(25,26)8(21,22)6(17)18/h6H,4-5H2,1-3H3/q+1. The molecule has 0 aliphatic rings. The molecule has 0 aromatic heterocycles. The summed E-state index contributed by atoms with van der Waals surface area (Å²) in [5.74, 6) is -85.0. The van der Waals surface area contributed by atoms with Crippen LogP contribution in [-0.4, -0.2) is 97.3 Å². The molecule has 236 valence electrons. The second-order valence-corrected chi connectivity index (χ2v) is 8.63. The highest BCUT2D eigenvalue weighted by atomic mass is 19.4. The van der Waals surface area contributed by atoms with Crippen LogP contribution >= 0.6 is 0 Å². The molecule has 0 heterocycles. The van der Waals surface area contributed by atoms with Crippen molar-refractivity contribution < 1.29 is 101 Å². The summed E-state index contributed by atoms with van der Waals surface area (Å²) in [5, 5.41) is 0. The zero-order valence-corrected chi connectivity index (χ0v) is 18.8. The third kappa shape index (κ3) is 4.84. The second-order valence-electron chi connectivity index (χ2n) is 8.63. The molecule has 0 rings (SSSR count). The lowest BCUT2D eigenvalue weighted by atomic mass is 9.85. The minimum atomic E-state index is -9.23. The fourth-order valence-electron chi connectivity index (χ4n) is 2.51. The fraction of sp³-hybridized carbons (Fsp3) is 1.00. The Labute approximate surface area is 202 Å². The van der Waals surface area contributed by atoms with Gasteiger partial charge in [-0.1, -0.05) is 0 Å². The number of alkyl halides is 22. The van der Waals surface area contributed by atoms with Crippen LogP contribution in [0.1, 0.15) is 6.92 Å². The van der Waals surface area contributed by atoms with Crippen LogP contribution in [-0.2, 0) is 0 Å². The molecule has 39 heavy (non-hydrogen) atoms. The lowest BCUT2D eigenvalue weighted by Gasteiger charge is -2.45. The van der Waals surface area contributed by atoms with E-state index in [0.717, 1.165) is 6.92 Å². The number of halogens is 22. The van der Waals surface area contributed by atoms with Crippen molar-refractivity contribution >= 4 is 0 Å². The molecular formula is C16H14F22N+. The van der Waals surface area contributed by atoms with Gasteiger partial charge in [0.05, 0.1) is 20.6 Å². The highest BCUT2D eigenvalue weighted by molar-refractivity contribution is 5.18. The van der Waals surface area contributed by atoms with Crippen molar-refractivity contribution in [3.8, 4) is 0 Å². The van der Waals surface area contributed by atoms with E-state index in [1.165, 1.54) is 0 Å². The second kappa shape index (κ2) is 9.48. The van der Waals surface area contributed by atoms with Crippen LogP contribution in [0.4, 0.5) is 96.6 Å². The summed E-state index contributed by atoms with van der Waals surface area (Å²) in [6.45, 7) is -2.51. The van der Waals surface area contributed by atoms with Crippen molar-refractivity contribution in [2.75, 3.05) is 27.2 Å². The van der Waals surface area contributed by atoms with E-state index in [0.29, 0.717) is 14.1 Å². The van der Waals surface area contributed by atoms with Crippen molar-refractivity contribution in [2.45, 2.75) is 72.6 Å². The van der Waals surface area contributed by atoms with E-state index in [2.05, 4.69) is 0 Å².